The zero-order chi connectivity index (χ0) is 20.5. The van der Waals surface area contributed by atoms with Gasteiger partial charge in [-0.25, -0.2) is 13.8 Å². The van der Waals surface area contributed by atoms with E-state index in [1.54, 1.807) is 10.6 Å². The van der Waals surface area contributed by atoms with Gasteiger partial charge >= 0.3 is 6.41 Å². The van der Waals surface area contributed by atoms with Crippen LogP contribution in [0.15, 0.2) is 30.5 Å². The smallest absolute Gasteiger partial charge is 0.312 e. The van der Waals surface area contributed by atoms with Crippen LogP contribution in [0.3, 0.4) is 0 Å². The third kappa shape index (κ3) is 3.63. The second-order valence-corrected chi connectivity index (χ2v) is 7.05. The van der Waals surface area contributed by atoms with E-state index in [1.165, 1.54) is 4.90 Å². The van der Waals surface area contributed by atoms with Crippen LogP contribution in [0.2, 0.25) is 0 Å². The van der Waals surface area contributed by atoms with Crippen LogP contribution in [0.4, 0.5) is 8.78 Å². The van der Waals surface area contributed by atoms with Gasteiger partial charge < -0.3 is 14.0 Å². The number of benzene rings is 1. The summed E-state index contributed by atoms with van der Waals surface area (Å²) < 4.78 is 37.0. The lowest BCUT2D eigenvalue weighted by Crippen LogP contribution is -2.42. The second-order valence-electron chi connectivity index (χ2n) is 7.05. The average Bonchev–Trinajstić information content (AvgIpc) is 3.04. The van der Waals surface area contributed by atoms with Gasteiger partial charge in [-0.2, -0.15) is 0 Å². The van der Waals surface area contributed by atoms with Crippen molar-refractivity contribution in [3.8, 4) is 11.3 Å². The quantitative estimate of drug-likeness (QED) is 0.620. The zero-order valence-corrected chi connectivity index (χ0v) is 15.7. The lowest BCUT2D eigenvalue weighted by atomic mass is 10.0. The lowest BCUT2D eigenvalue weighted by molar-refractivity contribution is -0.00588. The van der Waals surface area contributed by atoms with Crippen LogP contribution in [0.1, 0.15) is 21.6 Å². The number of carbonyl (C=O) groups excluding carboxylic acids is 2. The number of aryl methyl sites for hydroxylation is 1. The van der Waals surface area contributed by atoms with Crippen molar-refractivity contribution in [2.45, 2.75) is 19.4 Å². The molecule has 2 aromatic heterocycles. The maximum atomic E-state index is 14.7. The van der Waals surface area contributed by atoms with Crippen molar-refractivity contribution in [1.29, 1.82) is 0 Å². The average molecular weight is 398 g/mol. The highest BCUT2D eigenvalue weighted by Gasteiger charge is 2.26. The normalized spacial score (nSPS) is 16.9. The minimum Gasteiger partial charge on any atom is -0.374 e. The third-order valence-electron chi connectivity index (χ3n) is 5.01. The van der Waals surface area contributed by atoms with Crippen molar-refractivity contribution in [2.24, 2.45) is 0 Å². The highest BCUT2D eigenvalue weighted by atomic mass is 19.1. The number of pyridine rings is 1. The maximum absolute atomic E-state index is 14.7. The predicted octanol–water partition coefficient (Wildman–Crippen LogP) is 2.71. The van der Waals surface area contributed by atoms with E-state index in [4.69, 9.17) is 4.74 Å². The second kappa shape index (κ2) is 7.71. The fourth-order valence-corrected chi connectivity index (χ4v) is 3.62. The summed E-state index contributed by atoms with van der Waals surface area (Å²) in [6, 6.07) is 5.67. The molecule has 1 aromatic carbocycles. The number of ether oxygens (including phenoxy) is 1. The van der Waals surface area contributed by atoms with Gasteiger partial charge in [0.1, 0.15) is 23.6 Å². The first-order valence-corrected chi connectivity index (χ1v) is 9.16. The zero-order valence-electron chi connectivity index (χ0n) is 15.7. The molecule has 1 atom stereocenters. The summed E-state index contributed by atoms with van der Waals surface area (Å²) in [5, 5.41) is 0. The highest BCUT2D eigenvalue weighted by molar-refractivity contribution is 5.78. The Morgan fingerprint density at radius 2 is 2.07 bits per heavy atom. The van der Waals surface area contributed by atoms with Crippen LogP contribution >= 0.6 is 0 Å². The van der Waals surface area contributed by atoms with Crippen LogP contribution in [-0.2, 0) is 16.0 Å². The summed E-state index contributed by atoms with van der Waals surface area (Å²) in [5.74, 6) is -1.72. The number of amides is 1. The van der Waals surface area contributed by atoms with Gasteiger partial charge in [0.25, 0.3) is 0 Å². The Kier molecular flexibility index (Phi) is 5.10. The molecule has 6 nitrogen and oxygen atoms in total. The lowest BCUT2D eigenvalue weighted by Gasteiger charge is -2.29. The van der Waals surface area contributed by atoms with Crippen molar-refractivity contribution < 1.29 is 23.1 Å². The van der Waals surface area contributed by atoms with Crippen LogP contribution < -0.4 is 0 Å². The Morgan fingerprint density at radius 1 is 1.31 bits per heavy atom. The Balaban J connectivity index is 1.85. The van der Waals surface area contributed by atoms with E-state index < -0.39 is 11.6 Å². The molecular weight excluding hydrogens is 380 g/mol. The maximum Gasteiger partial charge on any atom is 0.312 e. The van der Waals surface area contributed by atoms with Crippen molar-refractivity contribution in [1.82, 2.24) is 14.3 Å². The Morgan fingerprint density at radius 3 is 2.76 bits per heavy atom. The summed E-state index contributed by atoms with van der Waals surface area (Å²) >= 11 is 0. The van der Waals surface area contributed by atoms with Gasteiger partial charge in [-0.05, 0) is 36.8 Å². The van der Waals surface area contributed by atoms with Gasteiger partial charge in [0.05, 0.1) is 29.7 Å². The van der Waals surface area contributed by atoms with Crippen molar-refractivity contribution >= 4 is 18.3 Å². The Labute approximate surface area is 165 Å². The molecule has 0 saturated carbocycles. The molecule has 3 heterocycles. The molecule has 0 N–H and O–H groups in total. The molecule has 149 valence electrons. The molecule has 1 saturated heterocycles. The van der Waals surface area contributed by atoms with Crippen LogP contribution in [0.25, 0.3) is 16.9 Å². The topological polar surface area (TPSA) is 63.9 Å². The van der Waals surface area contributed by atoms with E-state index in [1.807, 2.05) is 25.5 Å². The van der Waals surface area contributed by atoms with Crippen molar-refractivity contribution in [3.05, 3.63) is 58.9 Å². The van der Waals surface area contributed by atoms with E-state index in [0.717, 1.165) is 17.7 Å². The number of rotatable bonds is 5. The van der Waals surface area contributed by atoms with E-state index in [0.29, 0.717) is 43.7 Å². The monoisotopic (exact) mass is 398 g/mol. The summed E-state index contributed by atoms with van der Waals surface area (Å²) in [4.78, 5) is 27.9. The van der Waals surface area contributed by atoms with E-state index in [9.17, 15) is 18.4 Å². The molecule has 1 radical (unpaired) electrons. The molecule has 1 aliphatic heterocycles. The van der Waals surface area contributed by atoms with Crippen molar-refractivity contribution in [2.75, 3.05) is 19.7 Å². The predicted molar refractivity (Wildman–Crippen MR) is 101 cm³/mol. The van der Waals surface area contributed by atoms with Crippen LogP contribution in [0, 0.1) is 18.6 Å². The number of carbonyl (C=O) groups is 1. The fraction of sp³-hybridized carbons (Fsp3) is 0.286. The molecule has 0 bridgehead atoms. The molecule has 29 heavy (non-hydrogen) atoms. The van der Waals surface area contributed by atoms with Gasteiger partial charge in [0, 0.05) is 31.3 Å². The fourth-order valence-electron chi connectivity index (χ4n) is 3.62. The van der Waals surface area contributed by atoms with Gasteiger partial charge in [-0.3, -0.25) is 9.59 Å². The van der Waals surface area contributed by atoms with Crippen LogP contribution in [-0.4, -0.2) is 52.8 Å². The first kappa shape index (κ1) is 19.2. The number of morpholine rings is 1. The van der Waals surface area contributed by atoms with E-state index >= 15 is 0 Å². The summed E-state index contributed by atoms with van der Waals surface area (Å²) in [7, 11) is 0. The summed E-state index contributed by atoms with van der Waals surface area (Å²) in [5.41, 5.74) is 1.84. The minimum absolute atomic E-state index is 0.0855. The number of hydrogen-bond donors (Lipinski definition) is 0. The van der Waals surface area contributed by atoms with Crippen molar-refractivity contribution in [3.63, 3.8) is 0 Å². The molecule has 0 spiro atoms. The largest absolute Gasteiger partial charge is 0.374 e. The van der Waals surface area contributed by atoms with Gasteiger partial charge in [-0.15, -0.1) is 0 Å². The van der Waals surface area contributed by atoms with Gasteiger partial charge in [-0.1, -0.05) is 0 Å². The van der Waals surface area contributed by atoms with E-state index in [2.05, 4.69) is 4.98 Å². The minimum atomic E-state index is -0.860. The number of halogens is 2. The van der Waals surface area contributed by atoms with Gasteiger partial charge in [0.15, 0.2) is 0 Å². The first-order valence-electron chi connectivity index (χ1n) is 9.16. The summed E-state index contributed by atoms with van der Waals surface area (Å²) in [6.45, 7) is 3.05. The molecule has 0 unspecified atom stereocenters. The number of nitrogens with zero attached hydrogens (tertiary/aromatic N) is 3. The molecule has 1 amide bonds. The van der Waals surface area contributed by atoms with E-state index in [-0.39, 0.29) is 22.9 Å². The standard InChI is InChI=1S/C21H18F2N3O3/c1-13-2-3-26-18(9-15-10-25(12-28)4-5-29-15)21(24-19(26)6-13)20-16(22)7-14(11-27)8-17(20)23/h2-3,6-8,11,15H,4-5,9-10H2,1H3/t15-/m0/s1. The van der Waals surface area contributed by atoms with Crippen LogP contribution in [0.5, 0.6) is 0 Å². The highest BCUT2D eigenvalue weighted by Crippen LogP contribution is 2.31. The molecule has 1 aliphatic rings. The van der Waals surface area contributed by atoms with Gasteiger partial charge in [0.2, 0.25) is 0 Å². The Hall–Kier alpha value is -3.13. The molecule has 3 aromatic rings. The molecule has 8 heteroatoms. The number of fused-ring (bicyclic) bond motifs is 1. The Bertz CT molecular complexity index is 1070. The number of imidazole rings is 1. The summed E-state index contributed by atoms with van der Waals surface area (Å²) in [6.07, 6.45) is 3.99. The molecule has 1 fully saturated rings. The SMILES string of the molecule is Cc1ccn2c(C[C@H]3CN([C]=O)CCO3)c(-c3c(F)cc(C=O)cc3F)nc2c1. The molecule has 4 rings (SSSR count). The third-order valence-corrected chi connectivity index (χ3v) is 5.01. The molecule has 0 aliphatic carbocycles. The number of aldehydes is 1. The first-order chi connectivity index (χ1) is 14.0. The molecular formula is C21H18F2N3O3. The number of hydrogen-bond acceptors (Lipinski definition) is 4. The number of aromatic nitrogens is 2.